The van der Waals surface area contributed by atoms with Crippen molar-refractivity contribution >= 4 is 36.1 Å². The van der Waals surface area contributed by atoms with E-state index in [1.807, 2.05) is 25.1 Å². The van der Waals surface area contributed by atoms with Gasteiger partial charge in [-0.2, -0.15) is 0 Å². The number of allylic oxidation sites excluding steroid dienone is 1. The maximum absolute atomic E-state index is 14.7. The van der Waals surface area contributed by atoms with E-state index in [0.717, 1.165) is 74.7 Å². The molecule has 11 nitrogen and oxygen atoms in total. The van der Waals surface area contributed by atoms with Crippen LogP contribution in [0.1, 0.15) is 60.5 Å². The summed E-state index contributed by atoms with van der Waals surface area (Å²) in [6.45, 7) is 5.50. The van der Waals surface area contributed by atoms with E-state index in [4.69, 9.17) is 25.8 Å². The van der Waals surface area contributed by atoms with Gasteiger partial charge in [0, 0.05) is 5.02 Å². The van der Waals surface area contributed by atoms with Crippen molar-refractivity contribution in [3.8, 4) is 5.75 Å². The van der Waals surface area contributed by atoms with E-state index >= 15 is 0 Å². The first-order valence-corrected chi connectivity index (χ1v) is 25.1. The summed E-state index contributed by atoms with van der Waals surface area (Å²) in [5.74, 6) is 1.21. The van der Waals surface area contributed by atoms with Crippen LogP contribution < -0.4 is 33.3 Å². The molecule has 3 fully saturated rings. The number of halogens is 2. The molecule has 6 aliphatic rings. The van der Waals surface area contributed by atoms with E-state index in [1.165, 1.54) is 11.1 Å². The molecule has 2 aliphatic carbocycles. The molecular formula is C40H52ClIN5O6S-. The number of aryl methyl sites for hydroxylation is 1. The van der Waals surface area contributed by atoms with E-state index in [2.05, 4.69) is 42.0 Å². The van der Waals surface area contributed by atoms with Crippen LogP contribution >= 0.6 is 11.6 Å². The van der Waals surface area contributed by atoms with Gasteiger partial charge in [0.25, 0.3) is 0 Å². The molecule has 1 N–H and O–H groups in total. The molecule has 2 saturated heterocycles. The van der Waals surface area contributed by atoms with Gasteiger partial charge in [0.1, 0.15) is 0 Å². The average Bonchev–Trinajstić information content (AvgIpc) is 3.28. The van der Waals surface area contributed by atoms with Crippen molar-refractivity contribution in [3.63, 3.8) is 0 Å². The van der Waals surface area contributed by atoms with Gasteiger partial charge in [-0.25, -0.2) is 0 Å². The quantitative estimate of drug-likeness (QED) is 0.216. The number of methoxy groups -OCH3 is 1. The number of hydrogen-bond acceptors (Lipinski definition) is 8. The molecular weight excluding hydrogens is 841 g/mol. The summed E-state index contributed by atoms with van der Waals surface area (Å²) in [5, 5.41) is 0.752. The van der Waals surface area contributed by atoms with Crippen LogP contribution in [-0.4, -0.2) is 110 Å². The van der Waals surface area contributed by atoms with Gasteiger partial charge < -0.3 is 0 Å². The van der Waals surface area contributed by atoms with Crippen molar-refractivity contribution < 1.29 is 48.1 Å². The van der Waals surface area contributed by atoms with Crippen molar-refractivity contribution in [2.75, 3.05) is 76.9 Å². The number of carbonyl (C=O) groups is 2. The first-order chi connectivity index (χ1) is 26.1. The van der Waals surface area contributed by atoms with E-state index in [0.29, 0.717) is 62.8 Å². The number of fused-ring (bicyclic) bond motifs is 4. The van der Waals surface area contributed by atoms with Crippen molar-refractivity contribution in [2.45, 2.75) is 63.0 Å². The second kappa shape index (κ2) is 16.2. The van der Waals surface area contributed by atoms with E-state index in [9.17, 15) is 13.8 Å². The fourth-order valence-corrected chi connectivity index (χ4v) is 16.2. The van der Waals surface area contributed by atoms with Crippen LogP contribution in [0.15, 0.2) is 52.9 Å². The fourth-order valence-electron chi connectivity index (χ4n) is 9.25. The maximum atomic E-state index is 14.7. The predicted molar refractivity (Wildman–Crippen MR) is 206 cm³/mol. The SMILES string of the molecule is CO[C@H]1/C=C/C[C@H](C)CS(=O)([I-]NC(=O)N2CC(N3CCOCC3)C2)=NC(=O)c2ccc3c(c2)N(C[C@@H]2CC[C@H]21)C[C@@]1(CCCc2cc(Cl)ccc21)CO3. The normalized spacial score (nSPS) is 32.6. The zero-order valence-corrected chi connectivity index (χ0v) is 35.0. The molecule has 4 aliphatic heterocycles. The summed E-state index contributed by atoms with van der Waals surface area (Å²) < 4.78 is 40.5. The van der Waals surface area contributed by atoms with Crippen molar-refractivity contribution in [1.29, 1.82) is 0 Å². The number of benzene rings is 2. The van der Waals surface area contributed by atoms with Gasteiger partial charge in [-0.05, 0) is 0 Å². The molecule has 4 heterocycles. The third-order valence-corrected chi connectivity index (χ3v) is 19.3. The standard InChI is InChI=1S/C40H52ClIN5O6S/c1-27-5-3-7-36(51-2)33-11-8-30(33)21-47-25-40(14-4-6-28-19-31(41)10-12-34(28)40)26-53-37-13-9-29(20-35(37)47)38(48)44-54(50,24-27)42-43-39(49)46-22-32(23-46)45-15-17-52-18-16-45/h3,7,9-10,12-13,19-20,27,30,32-33,36H,4-6,8,11,14-18,21-26H2,1-2H3,(H,43,49)/q-1/b7-3+/t27-,30-,33+,36-,40-,54?/m0/s1. The van der Waals surface area contributed by atoms with E-state index in [-0.39, 0.29) is 29.2 Å². The van der Waals surface area contributed by atoms with Crippen LogP contribution in [0.5, 0.6) is 5.75 Å². The molecule has 3 amide bonds. The van der Waals surface area contributed by atoms with Crippen LogP contribution in [0, 0.1) is 17.8 Å². The third-order valence-electron chi connectivity index (χ3n) is 12.4. The third kappa shape index (κ3) is 8.04. The van der Waals surface area contributed by atoms with Crippen LogP contribution in [0.25, 0.3) is 0 Å². The Labute approximate surface area is 333 Å². The number of hydrogen-bond donors (Lipinski definition) is 1. The number of rotatable bonds is 4. The fraction of sp³-hybridized carbons (Fsp3) is 0.600. The molecule has 1 unspecified atom stereocenters. The number of anilines is 1. The summed E-state index contributed by atoms with van der Waals surface area (Å²) >= 11 is 5.00. The van der Waals surface area contributed by atoms with Gasteiger partial charge in [-0.1, -0.05) is 11.6 Å². The summed E-state index contributed by atoms with van der Waals surface area (Å²) in [6.07, 6.45) is 10.2. The number of nitrogens with one attached hydrogen (secondary N) is 1. The Morgan fingerprint density at radius 3 is 2.74 bits per heavy atom. The average molecular weight is 893 g/mol. The molecule has 1 spiro atoms. The molecule has 0 aromatic heterocycles. The Kier molecular flexibility index (Phi) is 11.5. The molecule has 2 aromatic carbocycles. The minimum atomic E-state index is -3.06. The molecule has 2 aromatic rings. The zero-order chi connectivity index (χ0) is 37.5. The number of morpholine rings is 1. The Balaban J connectivity index is 1.09. The van der Waals surface area contributed by atoms with Crippen molar-refractivity contribution in [3.05, 3.63) is 70.3 Å². The Bertz CT molecular complexity index is 1900. The van der Waals surface area contributed by atoms with Gasteiger partial charge >= 0.3 is 319 Å². The van der Waals surface area contributed by atoms with Crippen molar-refractivity contribution in [1.82, 2.24) is 13.3 Å². The molecule has 8 rings (SSSR count). The summed E-state index contributed by atoms with van der Waals surface area (Å²) in [4.78, 5) is 33.9. The number of ether oxygens (including phenoxy) is 3. The van der Waals surface area contributed by atoms with Crippen molar-refractivity contribution in [2.24, 2.45) is 22.1 Å². The van der Waals surface area contributed by atoms with Gasteiger partial charge in [-0.3, -0.25) is 0 Å². The molecule has 0 radical (unpaired) electrons. The van der Waals surface area contributed by atoms with Gasteiger partial charge in [0.05, 0.1) is 0 Å². The first-order valence-electron chi connectivity index (χ1n) is 19.4. The number of likely N-dealkylation sites (tertiary alicyclic amines) is 1. The molecule has 1 saturated carbocycles. The summed E-state index contributed by atoms with van der Waals surface area (Å²) in [5.41, 5.74) is 3.59. The van der Waals surface area contributed by atoms with Gasteiger partial charge in [0.15, 0.2) is 0 Å². The second-order valence-electron chi connectivity index (χ2n) is 16.1. The molecule has 14 heteroatoms. The van der Waals surface area contributed by atoms with Crippen LogP contribution in [-0.2, 0) is 28.2 Å². The second-order valence-corrected chi connectivity index (χ2v) is 24.3. The first kappa shape index (κ1) is 38.4. The van der Waals surface area contributed by atoms with Crippen LogP contribution in [0.3, 0.4) is 0 Å². The van der Waals surface area contributed by atoms with Gasteiger partial charge in [0.2, 0.25) is 0 Å². The van der Waals surface area contributed by atoms with E-state index in [1.54, 1.807) is 18.1 Å². The number of carbonyl (C=O) groups excluding carboxylic acids is 2. The summed E-state index contributed by atoms with van der Waals surface area (Å²) in [7, 11) is 1.79. The number of nitrogens with zero attached hydrogens (tertiary/aromatic N) is 4. The molecule has 54 heavy (non-hydrogen) atoms. The van der Waals surface area contributed by atoms with E-state index < -0.39 is 32.9 Å². The van der Waals surface area contributed by atoms with Crippen LogP contribution in [0.2, 0.25) is 5.02 Å². The molecule has 294 valence electrons. The van der Waals surface area contributed by atoms with Crippen LogP contribution in [0.4, 0.5) is 10.5 Å². The Hall–Kier alpha value is -2.43. The Morgan fingerprint density at radius 1 is 1.13 bits per heavy atom. The van der Waals surface area contributed by atoms with Gasteiger partial charge in [-0.15, -0.1) is 0 Å². The molecule has 2 bridgehead atoms. The molecule has 6 atom stereocenters. The zero-order valence-electron chi connectivity index (χ0n) is 31.2. The minimum absolute atomic E-state index is 0.0143. The number of amides is 3. The summed E-state index contributed by atoms with van der Waals surface area (Å²) in [6, 6.07) is 11.9. The monoisotopic (exact) mass is 892 g/mol. The predicted octanol–water partition coefficient (Wildman–Crippen LogP) is 2.70. The Morgan fingerprint density at radius 2 is 1.96 bits per heavy atom. The number of urea groups is 1. The topological polar surface area (TPSA) is 113 Å².